The number of carboxylic acids is 1. The van der Waals surface area contributed by atoms with Crippen molar-refractivity contribution >= 4 is 5.97 Å². The van der Waals surface area contributed by atoms with E-state index in [-0.39, 0.29) is 32.7 Å². The van der Waals surface area contributed by atoms with Crippen molar-refractivity contribution in [3.8, 4) is 0 Å². The van der Waals surface area contributed by atoms with Gasteiger partial charge in [0.1, 0.15) is 0 Å². The van der Waals surface area contributed by atoms with Crippen molar-refractivity contribution in [2.75, 3.05) is 0 Å². The Morgan fingerprint density at radius 1 is 1.44 bits per heavy atom. The molecule has 0 aliphatic rings. The van der Waals surface area contributed by atoms with Crippen LogP contribution in [0.1, 0.15) is 6.92 Å². The van der Waals surface area contributed by atoms with Gasteiger partial charge in [0.25, 0.3) is 0 Å². The molecule has 0 bridgehead atoms. The quantitative estimate of drug-likeness (QED) is 0.534. The zero-order chi connectivity index (χ0) is 6.73. The number of aliphatic carboxylic acids is 1. The van der Waals surface area contributed by atoms with Crippen LogP contribution in [-0.4, -0.2) is 33.5 Å². The molecule has 51 valence electrons. The van der Waals surface area contributed by atoms with E-state index in [0.717, 1.165) is 0 Å². The Labute approximate surface area is 77.8 Å². The van der Waals surface area contributed by atoms with Crippen LogP contribution in [0.15, 0.2) is 0 Å². The molecular weight excluding hydrogens is 201 g/mol. The number of hydrogen-bond donors (Lipinski definition) is 3. The summed E-state index contributed by atoms with van der Waals surface area (Å²) in [6.45, 7) is 1.21. The first kappa shape index (κ1) is 12.2. The number of carboxylic acid groups (broad SMARTS) is 1. The fourth-order valence-corrected chi connectivity index (χ4v) is 0.206. The molecule has 1 radical (unpaired) electrons. The number of rotatable bonds is 2. The fourth-order valence-electron chi connectivity index (χ4n) is 0.206. The monoisotopic (exact) mass is 209 g/mol. The van der Waals surface area contributed by atoms with E-state index >= 15 is 0 Å². The van der Waals surface area contributed by atoms with Crippen molar-refractivity contribution in [3.63, 3.8) is 0 Å². The van der Waals surface area contributed by atoms with Crippen LogP contribution < -0.4 is 0 Å². The topological polar surface area (TPSA) is 77.8 Å². The maximum absolute atomic E-state index is 9.73. The molecule has 0 aromatic carbocycles. The average molecular weight is 209 g/mol. The maximum Gasteiger partial charge on any atom is 0.335 e. The van der Waals surface area contributed by atoms with Crippen LogP contribution in [0.5, 0.6) is 0 Å². The summed E-state index contributed by atoms with van der Waals surface area (Å²) in [5.41, 5.74) is 0. The summed E-state index contributed by atoms with van der Waals surface area (Å²) in [5.74, 6) is -1.40. The van der Waals surface area contributed by atoms with E-state index in [1.54, 1.807) is 0 Å². The van der Waals surface area contributed by atoms with E-state index in [1.807, 2.05) is 0 Å². The molecule has 0 aromatic heterocycles. The fraction of sp³-hybridized carbons (Fsp3) is 0.750. The molecule has 5 heteroatoms. The third-order valence-corrected chi connectivity index (χ3v) is 0.710. The molecule has 0 rings (SSSR count). The summed E-state index contributed by atoms with van der Waals surface area (Å²) >= 11 is 0. The van der Waals surface area contributed by atoms with Gasteiger partial charge in [0.15, 0.2) is 6.10 Å². The van der Waals surface area contributed by atoms with Gasteiger partial charge in [-0.15, -0.1) is 0 Å². The molecule has 0 heterocycles. The van der Waals surface area contributed by atoms with Gasteiger partial charge in [-0.1, -0.05) is 0 Å². The minimum atomic E-state index is -1.66. The van der Waals surface area contributed by atoms with Crippen molar-refractivity contribution in [1.29, 1.82) is 0 Å². The largest absolute Gasteiger partial charge is 0.479 e. The summed E-state index contributed by atoms with van der Waals surface area (Å²) in [5, 5.41) is 24.7. The van der Waals surface area contributed by atoms with Crippen LogP contribution in [0.2, 0.25) is 0 Å². The van der Waals surface area contributed by atoms with E-state index in [2.05, 4.69) is 0 Å². The first-order valence-corrected chi connectivity index (χ1v) is 2.14. The zero-order valence-electron chi connectivity index (χ0n) is 4.98. The summed E-state index contributed by atoms with van der Waals surface area (Å²) < 4.78 is 0. The number of hydrogen-bond acceptors (Lipinski definition) is 3. The molecule has 0 aliphatic heterocycles. The van der Waals surface area contributed by atoms with Crippen LogP contribution in [0.25, 0.3) is 0 Å². The van der Waals surface area contributed by atoms with Crippen molar-refractivity contribution in [2.24, 2.45) is 0 Å². The Bertz CT molecular complexity index is 92.6. The van der Waals surface area contributed by atoms with Crippen molar-refractivity contribution in [1.82, 2.24) is 0 Å². The first-order chi connectivity index (χ1) is 3.55. The number of aliphatic hydroxyl groups is 2. The molecule has 9 heavy (non-hydrogen) atoms. The molecule has 0 aliphatic carbocycles. The van der Waals surface area contributed by atoms with Gasteiger partial charge in [-0.2, -0.15) is 0 Å². The van der Waals surface area contributed by atoms with Gasteiger partial charge < -0.3 is 15.3 Å². The van der Waals surface area contributed by atoms with E-state index < -0.39 is 18.2 Å². The van der Waals surface area contributed by atoms with Crippen LogP contribution in [0, 0.1) is 0 Å². The summed E-state index contributed by atoms with van der Waals surface area (Å²) in [4.78, 5) is 9.73. The van der Waals surface area contributed by atoms with E-state index in [1.165, 1.54) is 6.92 Å². The van der Waals surface area contributed by atoms with Gasteiger partial charge in [0.2, 0.25) is 0 Å². The number of carbonyl (C=O) groups is 1. The normalized spacial score (nSPS) is 15.4. The van der Waals surface area contributed by atoms with Crippen molar-refractivity contribution in [2.45, 2.75) is 19.1 Å². The second-order valence-corrected chi connectivity index (χ2v) is 1.52. The predicted octanol–water partition coefficient (Wildman–Crippen LogP) is -1.19. The Morgan fingerprint density at radius 3 is 1.78 bits per heavy atom. The summed E-state index contributed by atoms with van der Waals surface area (Å²) in [6, 6.07) is 0. The SMILES string of the molecule is CC(O)C(O)C(=O)O.[Y]. The van der Waals surface area contributed by atoms with Crippen LogP contribution >= 0.6 is 0 Å². The second kappa shape index (κ2) is 5.29. The summed E-state index contributed by atoms with van der Waals surface area (Å²) in [7, 11) is 0. The smallest absolute Gasteiger partial charge is 0.335 e. The second-order valence-electron chi connectivity index (χ2n) is 1.52. The van der Waals surface area contributed by atoms with Crippen molar-refractivity contribution < 1.29 is 52.8 Å². The third kappa shape index (κ3) is 4.96. The molecule has 0 amide bonds. The Morgan fingerprint density at radius 2 is 1.78 bits per heavy atom. The maximum atomic E-state index is 9.73. The minimum Gasteiger partial charge on any atom is -0.479 e. The van der Waals surface area contributed by atoms with Gasteiger partial charge in [-0.05, 0) is 6.92 Å². The van der Waals surface area contributed by atoms with Crippen molar-refractivity contribution in [3.05, 3.63) is 0 Å². The first-order valence-electron chi connectivity index (χ1n) is 2.14. The van der Waals surface area contributed by atoms with E-state index in [9.17, 15) is 4.79 Å². The van der Waals surface area contributed by atoms with Crippen LogP contribution in [0.3, 0.4) is 0 Å². The molecule has 3 N–H and O–H groups in total. The van der Waals surface area contributed by atoms with Gasteiger partial charge >= 0.3 is 5.97 Å². The molecule has 0 saturated carbocycles. The Balaban J connectivity index is 0. The predicted molar refractivity (Wildman–Crippen MR) is 25.3 cm³/mol. The summed E-state index contributed by atoms with van der Waals surface area (Å²) in [6.07, 6.45) is -2.86. The molecule has 2 atom stereocenters. The third-order valence-electron chi connectivity index (χ3n) is 0.710. The van der Waals surface area contributed by atoms with Crippen LogP contribution in [0.4, 0.5) is 0 Å². The molecule has 0 saturated heterocycles. The standard InChI is InChI=1S/C4H8O4.Y/c1-2(5)3(6)4(7)8;/h2-3,5-6H,1H3,(H,7,8);. The average Bonchev–Trinajstić information content (AvgIpc) is 1.64. The molecular formula is C4H8O4Y. The molecule has 0 fully saturated rings. The van der Waals surface area contributed by atoms with Gasteiger partial charge in [-0.3, -0.25) is 0 Å². The molecule has 4 nitrogen and oxygen atoms in total. The minimum absolute atomic E-state index is 0. The van der Waals surface area contributed by atoms with E-state index in [0.29, 0.717) is 0 Å². The Kier molecular flexibility index (Phi) is 7.17. The van der Waals surface area contributed by atoms with Crippen LogP contribution in [-0.2, 0) is 37.5 Å². The number of aliphatic hydroxyl groups excluding tert-OH is 2. The molecule has 0 aromatic rings. The van der Waals surface area contributed by atoms with Gasteiger partial charge in [0, 0.05) is 32.7 Å². The molecule has 0 spiro atoms. The van der Waals surface area contributed by atoms with Gasteiger partial charge in [-0.25, -0.2) is 4.79 Å². The van der Waals surface area contributed by atoms with Gasteiger partial charge in [0.05, 0.1) is 6.10 Å². The Hall–Kier alpha value is 0.494. The van der Waals surface area contributed by atoms with E-state index in [4.69, 9.17) is 15.3 Å². The molecule has 2 unspecified atom stereocenters. The zero-order valence-corrected chi connectivity index (χ0v) is 7.82.